The number of sulfonamides is 1. The number of benzene rings is 1. The number of rotatable bonds is 6. The molecule has 0 saturated carbocycles. The highest BCUT2D eigenvalue weighted by atomic mass is 32.2. The van der Waals surface area contributed by atoms with Crippen molar-refractivity contribution in [1.29, 1.82) is 0 Å². The summed E-state index contributed by atoms with van der Waals surface area (Å²) in [6.45, 7) is 3.50. The summed E-state index contributed by atoms with van der Waals surface area (Å²) in [6, 6.07) is 5.44. The normalized spacial score (nSPS) is 12.6. The van der Waals surface area contributed by atoms with E-state index in [1.165, 1.54) is 18.3 Å². The van der Waals surface area contributed by atoms with Crippen molar-refractivity contribution in [2.45, 2.75) is 31.2 Å². The van der Waals surface area contributed by atoms with Crippen LogP contribution < -0.4 is 15.6 Å². The Labute approximate surface area is 144 Å². The third-order valence-corrected chi connectivity index (χ3v) is 5.12. The van der Waals surface area contributed by atoms with E-state index in [9.17, 15) is 22.4 Å². The molecule has 0 unspecified atom stereocenters. The van der Waals surface area contributed by atoms with Crippen molar-refractivity contribution < 1.29 is 17.6 Å². The number of amides is 1. The van der Waals surface area contributed by atoms with E-state index in [1.807, 2.05) is 6.92 Å². The Balaban J connectivity index is 2.34. The Morgan fingerprint density at radius 2 is 2.04 bits per heavy atom. The van der Waals surface area contributed by atoms with E-state index < -0.39 is 32.9 Å². The number of hydrogen-bond acceptors (Lipinski definition) is 4. The number of H-pyrrole nitrogens is 1. The van der Waals surface area contributed by atoms with Crippen LogP contribution in [0.4, 0.5) is 10.1 Å². The third-order valence-electron chi connectivity index (χ3n) is 3.53. The first-order chi connectivity index (χ1) is 11.7. The molecule has 1 atom stereocenters. The molecule has 1 aromatic heterocycles. The van der Waals surface area contributed by atoms with Gasteiger partial charge in [0, 0.05) is 12.2 Å². The lowest BCUT2D eigenvalue weighted by Gasteiger charge is -2.13. The summed E-state index contributed by atoms with van der Waals surface area (Å²) in [7, 11) is -3.89. The molecule has 25 heavy (non-hydrogen) atoms. The molecule has 0 spiro atoms. The van der Waals surface area contributed by atoms with Gasteiger partial charge in [0.2, 0.25) is 10.0 Å². The van der Waals surface area contributed by atoms with Gasteiger partial charge in [0.15, 0.2) is 0 Å². The van der Waals surface area contributed by atoms with E-state index in [0.29, 0.717) is 6.42 Å². The average Bonchev–Trinajstić information content (AvgIpc) is 2.56. The van der Waals surface area contributed by atoms with E-state index in [1.54, 1.807) is 6.92 Å². The number of hydrogen-bond donors (Lipinski definition) is 3. The lowest BCUT2D eigenvalue weighted by atomic mass is 10.2. The number of aromatic amines is 1. The zero-order valence-electron chi connectivity index (χ0n) is 13.7. The quantitative estimate of drug-likeness (QED) is 0.724. The Bertz CT molecular complexity index is 940. The van der Waals surface area contributed by atoms with Crippen LogP contribution in [0.25, 0.3) is 0 Å². The second kappa shape index (κ2) is 7.58. The molecular weight excluding hydrogens is 349 g/mol. The maximum atomic E-state index is 14.0. The summed E-state index contributed by atoms with van der Waals surface area (Å²) in [5.74, 6) is -1.82. The molecule has 1 aromatic carbocycles. The van der Waals surface area contributed by atoms with Crippen molar-refractivity contribution in [3.63, 3.8) is 0 Å². The van der Waals surface area contributed by atoms with Gasteiger partial charge in [-0.05, 0) is 43.7 Å². The maximum Gasteiger partial charge on any atom is 0.271 e. The first kappa shape index (κ1) is 18.8. The SMILES string of the molecule is CC[C@@H](C)NS(=O)(=O)c1ccc(F)c(C(=O)Nc2ccc[nH]c2=O)c1. The lowest BCUT2D eigenvalue weighted by molar-refractivity contribution is 0.102. The zero-order valence-corrected chi connectivity index (χ0v) is 14.5. The van der Waals surface area contributed by atoms with Crippen molar-refractivity contribution in [2.24, 2.45) is 0 Å². The molecule has 0 aliphatic heterocycles. The molecule has 7 nitrogen and oxygen atoms in total. The first-order valence-corrected chi connectivity index (χ1v) is 9.04. The van der Waals surface area contributed by atoms with Crippen LogP contribution in [0.1, 0.15) is 30.6 Å². The molecule has 9 heteroatoms. The van der Waals surface area contributed by atoms with E-state index in [2.05, 4.69) is 15.0 Å². The van der Waals surface area contributed by atoms with Crippen molar-refractivity contribution >= 4 is 21.6 Å². The summed E-state index contributed by atoms with van der Waals surface area (Å²) in [5, 5.41) is 2.26. The summed E-state index contributed by atoms with van der Waals surface area (Å²) in [4.78, 5) is 25.9. The monoisotopic (exact) mass is 367 g/mol. The van der Waals surface area contributed by atoms with Crippen molar-refractivity contribution in [3.8, 4) is 0 Å². The molecule has 1 heterocycles. The average molecular weight is 367 g/mol. The Morgan fingerprint density at radius 1 is 1.32 bits per heavy atom. The van der Waals surface area contributed by atoms with Crippen LogP contribution in [0.15, 0.2) is 46.2 Å². The summed E-state index contributed by atoms with van der Waals surface area (Å²) in [6.07, 6.45) is 1.96. The minimum absolute atomic E-state index is 0.0714. The van der Waals surface area contributed by atoms with Gasteiger partial charge in [-0.2, -0.15) is 0 Å². The largest absolute Gasteiger partial charge is 0.327 e. The molecular formula is C16H18FN3O4S. The number of carbonyl (C=O) groups is 1. The van der Waals surface area contributed by atoms with Crippen LogP contribution in [-0.2, 0) is 10.0 Å². The molecule has 0 aliphatic carbocycles. The van der Waals surface area contributed by atoms with E-state index in [-0.39, 0.29) is 16.6 Å². The Morgan fingerprint density at radius 3 is 2.68 bits per heavy atom. The number of anilines is 1. The van der Waals surface area contributed by atoms with Gasteiger partial charge in [-0.3, -0.25) is 9.59 Å². The van der Waals surface area contributed by atoms with Gasteiger partial charge in [-0.1, -0.05) is 6.92 Å². The molecule has 3 N–H and O–H groups in total. The van der Waals surface area contributed by atoms with Gasteiger partial charge in [0.25, 0.3) is 11.5 Å². The van der Waals surface area contributed by atoms with Gasteiger partial charge < -0.3 is 10.3 Å². The second-order valence-electron chi connectivity index (χ2n) is 5.44. The van der Waals surface area contributed by atoms with Gasteiger partial charge in [-0.15, -0.1) is 0 Å². The van der Waals surface area contributed by atoms with Crippen molar-refractivity contribution in [1.82, 2.24) is 9.71 Å². The molecule has 2 aromatic rings. The predicted octanol–water partition coefficient (Wildman–Crippen LogP) is 1.84. The fraction of sp³-hybridized carbons (Fsp3) is 0.250. The van der Waals surface area contributed by atoms with Gasteiger partial charge in [0.05, 0.1) is 10.5 Å². The molecule has 0 aliphatic rings. The Kier molecular flexibility index (Phi) is 5.70. The molecule has 134 valence electrons. The standard InChI is InChI=1S/C16H18FN3O4S/c1-3-10(2)20-25(23,24)11-6-7-13(17)12(9-11)15(21)19-14-5-4-8-18-16(14)22/h4-10,20H,3H2,1-2H3,(H,18,22)(H,19,21)/t10-/m1/s1. The summed E-state index contributed by atoms with van der Waals surface area (Å²) < 4.78 is 41.0. The minimum atomic E-state index is -3.89. The number of carbonyl (C=O) groups excluding carboxylic acids is 1. The van der Waals surface area contributed by atoms with Crippen molar-refractivity contribution in [2.75, 3.05) is 5.32 Å². The van der Waals surface area contributed by atoms with Crippen LogP contribution in [0.2, 0.25) is 0 Å². The fourth-order valence-electron chi connectivity index (χ4n) is 1.97. The second-order valence-corrected chi connectivity index (χ2v) is 7.15. The first-order valence-electron chi connectivity index (χ1n) is 7.55. The van der Waals surface area contributed by atoms with Gasteiger partial charge >= 0.3 is 0 Å². The number of nitrogens with one attached hydrogen (secondary N) is 3. The summed E-state index contributed by atoms with van der Waals surface area (Å²) in [5.41, 5.74) is -1.10. The van der Waals surface area contributed by atoms with E-state index >= 15 is 0 Å². The molecule has 2 rings (SSSR count). The maximum absolute atomic E-state index is 14.0. The summed E-state index contributed by atoms with van der Waals surface area (Å²) >= 11 is 0. The topological polar surface area (TPSA) is 108 Å². The molecule has 1 amide bonds. The lowest BCUT2D eigenvalue weighted by Crippen LogP contribution is -2.32. The predicted molar refractivity (Wildman–Crippen MR) is 91.5 cm³/mol. The molecule has 0 radical (unpaired) electrons. The Hall–Kier alpha value is -2.52. The van der Waals surface area contributed by atoms with Crippen molar-refractivity contribution in [3.05, 3.63) is 58.3 Å². The highest BCUT2D eigenvalue weighted by Gasteiger charge is 2.21. The minimum Gasteiger partial charge on any atom is -0.327 e. The zero-order chi connectivity index (χ0) is 18.6. The fourth-order valence-corrected chi connectivity index (χ4v) is 3.32. The van der Waals surface area contributed by atoms with Gasteiger partial charge in [0.1, 0.15) is 11.5 Å². The molecule has 0 fully saturated rings. The van der Waals surface area contributed by atoms with Crippen LogP contribution in [0, 0.1) is 5.82 Å². The van der Waals surface area contributed by atoms with E-state index in [4.69, 9.17) is 0 Å². The number of aromatic nitrogens is 1. The van der Waals surface area contributed by atoms with Crippen LogP contribution >= 0.6 is 0 Å². The van der Waals surface area contributed by atoms with Crippen LogP contribution in [0.5, 0.6) is 0 Å². The highest BCUT2D eigenvalue weighted by molar-refractivity contribution is 7.89. The van der Waals surface area contributed by atoms with Crippen LogP contribution in [0.3, 0.4) is 0 Å². The number of pyridine rings is 1. The van der Waals surface area contributed by atoms with E-state index in [0.717, 1.165) is 18.2 Å². The highest BCUT2D eigenvalue weighted by Crippen LogP contribution is 2.17. The van der Waals surface area contributed by atoms with Crippen LogP contribution in [-0.4, -0.2) is 25.4 Å². The smallest absolute Gasteiger partial charge is 0.271 e. The van der Waals surface area contributed by atoms with Gasteiger partial charge in [-0.25, -0.2) is 17.5 Å². The molecule has 0 saturated heterocycles. The third kappa shape index (κ3) is 4.52. The molecule has 0 bridgehead atoms. The number of halogens is 1.